The largest absolute Gasteiger partial charge is 0.355 e. The first kappa shape index (κ1) is 17.2. The fraction of sp³-hybridized carbons (Fsp3) is 0.357. The van der Waals surface area contributed by atoms with Crippen molar-refractivity contribution in [3.8, 4) is 11.8 Å². The second kappa shape index (κ2) is 7.78. The van der Waals surface area contributed by atoms with Gasteiger partial charge >= 0.3 is 0 Å². The molecular weight excluding hydrogens is 290 g/mol. The number of hydrogen-bond donors (Lipinski definition) is 3. The molecule has 1 aromatic carbocycles. The minimum absolute atomic E-state index is 0.107. The molecule has 0 aliphatic heterocycles. The van der Waals surface area contributed by atoms with Crippen LogP contribution in [0.15, 0.2) is 23.1 Å². The SMILES string of the molecule is CCNC(=O)CNS(=O)(=O)c1cc(C#CCN)ccc1C. The van der Waals surface area contributed by atoms with Gasteiger partial charge in [-0.3, -0.25) is 4.79 Å². The van der Waals surface area contributed by atoms with Gasteiger partial charge in [0.15, 0.2) is 0 Å². The zero-order chi connectivity index (χ0) is 15.9. The van der Waals surface area contributed by atoms with Crippen molar-refractivity contribution in [3.05, 3.63) is 29.3 Å². The summed E-state index contributed by atoms with van der Waals surface area (Å²) in [6, 6.07) is 4.86. The molecule has 21 heavy (non-hydrogen) atoms. The Morgan fingerprint density at radius 3 is 2.71 bits per heavy atom. The molecule has 0 bridgehead atoms. The van der Waals surface area contributed by atoms with E-state index in [2.05, 4.69) is 21.9 Å². The number of nitrogens with two attached hydrogens (primary N) is 1. The van der Waals surface area contributed by atoms with E-state index in [9.17, 15) is 13.2 Å². The van der Waals surface area contributed by atoms with Gasteiger partial charge in [0.1, 0.15) is 0 Å². The minimum Gasteiger partial charge on any atom is -0.355 e. The average molecular weight is 309 g/mol. The van der Waals surface area contributed by atoms with Gasteiger partial charge in [-0.25, -0.2) is 13.1 Å². The van der Waals surface area contributed by atoms with Crippen molar-refractivity contribution in [3.63, 3.8) is 0 Å². The van der Waals surface area contributed by atoms with E-state index in [0.29, 0.717) is 17.7 Å². The summed E-state index contributed by atoms with van der Waals surface area (Å²) in [5.74, 6) is 5.07. The van der Waals surface area contributed by atoms with E-state index in [-0.39, 0.29) is 23.9 Å². The molecule has 0 aliphatic rings. The highest BCUT2D eigenvalue weighted by Gasteiger charge is 2.18. The smallest absolute Gasteiger partial charge is 0.241 e. The second-order valence-corrected chi connectivity index (χ2v) is 6.00. The fourth-order valence-corrected chi connectivity index (χ4v) is 2.87. The van der Waals surface area contributed by atoms with Gasteiger partial charge in [0.05, 0.1) is 18.0 Å². The molecule has 0 saturated heterocycles. The third-order valence-electron chi connectivity index (χ3n) is 2.61. The summed E-state index contributed by atoms with van der Waals surface area (Å²) in [5.41, 5.74) is 6.43. The van der Waals surface area contributed by atoms with Crippen molar-refractivity contribution in [1.82, 2.24) is 10.0 Å². The van der Waals surface area contributed by atoms with Crippen molar-refractivity contribution in [2.24, 2.45) is 5.73 Å². The van der Waals surface area contributed by atoms with Crippen molar-refractivity contribution in [1.29, 1.82) is 0 Å². The fourth-order valence-electron chi connectivity index (χ4n) is 1.62. The van der Waals surface area contributed by atoms with E-state index in [1.54, 1.807) is 26.0 Å². The number of rotatable bonds is 5. The molecule has 0 aliphatic carbocycles. The van der Waals surface area contributed by atoms with Crippen LogP contribution in [0.25, 0.3) is 0 Å². The third kappa shape index (κ3) is 5.19. The zero-order valence-electron chi connectivity index (χ0n) is 12.1. The number of aryl methyl sites for hydroxylation is 1. The number of amides is 1. The first-order valence-corrected chi connectivity index (χ1v) is 7.95. The van der Waals surface area contributed by atoms with Crippen LogP contribution in [0.4, 0.5) is 0 Å². The van der Waals surface area contributed by atoms with Crippen molar-refractivity contribution in [2.45, 2.75) is 18.7 Å². The molecule has 1 aromatic rings. The molecule has 114 valence electrons. The number of likely N-dealkylation sites (N-methyl/N-ethyl adjacent to an activating group) is 1. The summed E-state index contributed by atoms with van der Waals surface area (Å²) in [4.78, 5) is 11.4. The summed E-state index contributed by atoms with van der Waals surface area (Å²) in [6.07, 6.45) is 0. The summed E-state index contributed by atoms with van der Waals surface area (Å²) in [7, 11) is -3.76. The van der Waals surface area contributed by atoms with Gasteiger partial charge < -0.3 is 11.1 Å². The van der Waals surface area contributed by atoms with Crippen LogP contribution in [0, 0.1) is 18.8 Å². The van der Waals surface area contributed by atoms with E-state index in [4.69, 9.17) is 5.73 Å². The molecule has 0 saturated carbocycles. The van der Waals surface area contributed by atoms with E-state index in [0.717, 1.165) is 0 Å². The Kier molecular flexibility index (Phi) is 6.37. The Labute approximate surface area is 125 Å². The molecule has 0 unspecified atom stereocenters. The molecule has 0 spiro atoms. The Balaban J connectivity index is 2.99. The summed E-state index contributed by atoms with van der Waals surface area (Å²) in [5, 5.41) is 2.52. The number of sulfonamides is 1. The van der Waals surface area contributed by atoms with Crippen LogP contribution in [0.1, 0.15) is 18.1 Å². The van der Waals surface area contributed by atoms with Crippen molar-refractivity contribution >= 4 is 15.9 Å². The van der Waals surface area contributed by atoms with E-state index >= 15 is 0 Å². The molecule has 0 aromatic heterocycles. The van der Waals surface area contributed by atoms with Crippen LogP contribution >= 0.6 is 0 Å². The highest BCUT2D eigenvalue weighted by Crippen LogP contribution is 2.16. The Morgan fingerprint density at radius 2 is 2.10 bits per heavy atom. The number of hydrogen-bond acceptors (Lipinski definition) is 4. The number of carbonyl (C=O) groups is 1. The molecular formula is C14H19N3O3S. The molecule has 4 N–H and O–H groups in total. The topological polar surface area (TPSA) is 101 Å². The van der Waals surface area contributed by atoms with Gasteiger partial charge in [0.2, 0.25) is 15.9 Å². The van der Waals surface area contributed by atoms with Crippen LogP contribution in [0.5, 0.6) is 0 Å². The molecule has 0 radical (unpaired) electrons. The maximum absolute atomic E-state index is 12.2. The Morgan fingerprint density at radius 1 is 1.38 bits per heavy atom. The third-order valence-corrected chi connectivity index (χ3v) is 4.15. The first-order chi connectivity index (χ1) is 9.90. The molecule has 6 nitrogen and oxygen atoms in total. The lowest BCUT2D eigenvalue weighted by Gasteiger charge is -2.09. The first-order valence-electron chi connectivity index (χ1n) is 6.46. The highest BCUT2D eigenvalue weighted by atomic mass is 32.2. The normalized spacial score (nSPS) is 10.6. The maximum atomic E-state index is 12.2. The highest BCUT2D eigenvalue weighted by molar-refractivity contribution is 7.89. The second-order valence-electron chi connectivity index (χ2n) is 4.26. The molecule has 0 heterocycles. The van der Waals surface area contributed by atoms with Gasteiger partial charge in [-0.15, -0.1) is 0 Å². The van der Waals surface area contributed by atoms with Crippen molar-refractivity contribution in [2.75, 3.05) is 19.6 Å². The van der Waals surface area contributed by atoms with Gasteiger partial charge in [0, 0.05) is 12.1 Å². The average Bonchev–Trinajstić information content (AvgIpc) is 2.44. The van der Waals surface area contributed by atoms with E-state index in [1.165, 1.54) is 6.07 Å². The summed E-state index contributed by atoms with van der Waals surface area (Å²) in [6.45, 7) is 3.79. The molecule has 1 rings (SSSR count). The summed E-state index contributed by atoms with van der Waals surface area (Å²) < 4.78 is 26.7. The van der Waals surface area contributed by atoms with Gasteiger partial charge in [0.25, 0.3) is 0 Å². The quantitative estimate of drug-likeness (QED) is 0.651. The lowest BCUT2D eigenvalue weighted by atomic mass is 10.1. The van der Waals surface area contributed by atoms with E-state index in [1.807, 2.05) is 0 Å². The molecule has 0 atom stereocenters. The summed E-state index contributed by atoms with van der Waals surface area (Å²) >= 11 is 0. The van der Waals surface area contributed by atoms with Crippen LogP contribution in [0.2, 0.25) is 0 Å². The van der Waals surface area contributed by atoms with Gasteiger partial charge in [-0.2, -0.15) is 0 Å². The lowest BCUT2D eigenvalue weighted by Crippen LogP contribution is -2.36. The predicted octanol–water partition coefficient (Wildman–Crippen LogP) is -0.280. The predicted molar refractivity (Wildman–Crippen MR) is 81.0 cm³/mol. The van der Waals surface area contributed by atoms with Crippen LogP contribution in [-0.4, -0.2) is 34.0 Å². The number of carbonyl (C=O) groups excluding carboxylic acids is 1. The molecule has 1 amide bonds. The van der Waals surface area contributed by atoms with Crippen molar-refractivity contribution < 1.29 is 13.2 Å². The Hall–Kier alpha value is -1.88. The van der Waals surface area contributed by atoms with Gasteiger partial charge in [-0.1, -0.05) is 17.9 Å². The molecule has 0 fully saturated rings. The molecule has 7 heteroatoms. The monoisotopic (exact) mass is 309 g/mol. The van der Waals surface area contributed by atoms with Gasteiger partial charge in [-0.05, 0) is 31.5 Å². The van der Waals surface area contributed by atoms with Crippen LogP contribution in [-0.2, 0) is 14.8 Å². The number of nitrogens with one attached hydrogen (secondary N) is 2. The van der Waals surface area contributed by atoms with Crippen LogP contribution < -0.4 is 15.8 Å². The van der Waals surface area contributed by atoms with Crippen LogP contribution in [0.3, 0.4) is 0 Å². The van der Waals surface area contributed by atoms with E-state index < -0.39 is 10.0 Å². The number of benzene rings is 1. The zero-order valence-corrected chi connectivity index (χ0v) is 12.9. The Bertz CT molecular complexity index is 672. The minimum atomic E-state index is -3.76. The standard InChI is InChI=1S/C14H19N3O3S/c1-3-16-14(18)10-17-21(19,20)13-9-12(5-4-8-15)7-6-11(13)2/h6-7,9,17H,3,8,10,15H2,1-2H3,(H,16,18). The maximum Gasteiger partial charge on any atom is 0.241 e. The lowest BCUT2D eigenvalue weighted by molar-refractivity contribution is -0.119.